The predicted molar refractivity (Wildman–Crippen MR) is 64.3 cm³/mol. The van der Waals surface area contributed by atoms with Gasteiger partial charge in [-0.05, 0) is 18.2 Å². The van der Waals surface area contributed by atoms with Crippen molar-refractivity contribution in [3.63, 3.8) is 0 Å². The van der Waals surface area contributed by atoms with Crippen LogP contribution in [0.15, 0.2) is 36.7 Å². The Bertz CT molecular complexity index is 660. The van der Waals surface area contributed by atoms with E-state index in [1.807, 2.05) is 0 Å². The van der Waals surface area contributed by atoms with Crippen molar-refractivity contribution in [3.05, 3.63) is 47.5 Å². The van der Waals surface area contributed by atoms with Crippen LogP contribution in [0.25, 0.3) is 22.4 Å². The molecule has 0 radical (unpaired) electrons. The fourth-order valence-corrected chi connectivity index (χ4v) is 1.85. The van der Waals surface area contributed by atoms with Crippen LogP contribution in [0.5, 0.6) is 0 Å². The van der Waals surface area contributed by atoms with Crippen LogP contribution in [-0.2, 0) is 0 Å². The second-order valence-electron chi connectivity index (χ2n) is 3.58. The summed E-state index contributed by atoms with van der Waals surface area (Å²) in [5, 5.41) is 0.0843. The Balaban J connectivity index is 2.24. The molecule has 2 aromatic heterocycles. The average Bonchev–Trinajstić information content (AvgIpc) is 2.76. The van der Waals surface area contributed by atoms with Gasteiger partial charge in [0.2, 0.25) is 0 Å². The van der Waals surface area contributed by atoms with Crippen LogP contribution in [-0.4, -0.2) is 15.0 Å². The molecule has 0 aliphatic rings. The molecule has 3 rings (SSSR count). The van der Waals surface area contributed by atoms with Crippen LogP contribution >= 0.6 is 11.6 Å². The van der Waals surface area contributed by atoms with Crippen LogP contribution in [0.4, 0.5) is 4.39 Å². The molecule has 0 atom stereocenters. The number of H-pyrrole nitrogens is 1. The van der Waals surface area contributed by atoms with Crippen LogP contribution < -0.4 is 0 Å². The van der Waals surface area contributed by atoms with Crippen LogP contribution in [0, 0.1) is 5.82 Å². The number of imidazole rings is 1. The lowest BCUT2D eigenvalue weighted by molar-refractivity contribution is 0.630. The molecule has 0 unspecified atom stereocenters. The zero-order valence-corrected chi connectivity index (χ0v) is 9.37. The smallest absolute Gasteiger partial charge is 0.152 e. The summed E-state index contributed by atoms with van der Waals surface area (Å²) < 4.78 is 13.8. The first-order chi connectivity index (χ1) is 8.25. The number of pyridine rings is 1. The quantitative estimate of drug-likeness (QED) is 0.716. The Hall–Kier alpha value is -1.94. The fraction of sp³-hybridized carbons (Fsp3) is 0. The van der Waals surface area contributed by atoms with E-state index in [0.717, 1.165) is 11.0 Å². The number of nitrogens with one attached hydrogen (secondary N) is 1. The van der Waals surface area contributed by atoms with E-state index in [2.05, 4.69) is 15.0 Å². The topological polar surface area (TPSA) is 41.6 Å². The molecule has 0 aliphatic carbocycles. The molecule has 0 amide bonds. The van der Waals surface area contributed by atoms with E-state index in [1.165, 1.54) is 6.07 Å². The predicted octanol–water partition coefficient (Wildman–Crippen LogP) is 3.42. The highest BCUT2D eigenvalue weighted by Gasteiger charge is 2.12. The number of hydrogen-bond acceptors (Lipinski definition) is 2. The second kappa shape index (κ2) is 3.82. The summed E-state index contributed by atoms with van der Waals surface area (Å²) in [6, 6.07) is 6.58. The van der Waals surface area contributed by atoms with Crippen molar-refractivity contribution < 1.29 is 4.39 Å². The van der Waals surface area contributed by atoms with Crippen molar-refractivity contribution in [1.29, 1.82) is 0 Å². The number of nitrogens with zero attached hydrogens (tertiary/aromatic N) is 2. The molecular formula is C12H7ClFN3. The Morgan fingerprint density at radius 1 is 1.24 bits per heavy atom. The summed E-state index contributed by atoms with van der Waals surface area (Å²) >= 11 is 5.73. The van der Waals surface area contributed by atoms with Gasteiger partial charge in [-0.3, -0.25) is 4.98 Å². The van der Waals surface area contributed by atoms with Crippen LogP contribution in [0.1, 0.15) is 0 Å². The highest BCUT2D eigenvalue weighted by Crippen LogP contribution is 2.26. The fourth-order valence-electron chi connectivity index (χ4n) is 1.67. The third-order valence-electron chi connectivity index (χ3n) is 2.49. The number of hydrogen-bond donors (Lipinski definition) is 1. The molecule has 3 aromatic rings. The highest BCUT2D eigenvalue weighted by atomic mass is 35.5. The summed E-state index contributed by atoms with van der Waals surface area (Å²) in [6.45, 7) is 0. The Morgan fingerprint density at radius 3 is 2.94 bits per heavy atom. The van der Waals surface area contributed by atoms with Crippen molar-refractivity contribution in [2.75, 3.05) is 0 Å². The maximum absolute atomic E-state index is 13.8. The van der Waals surface area contributed by atoms with Gasteiger partial charge < -0.3 is 4.98 Å². The molecule has 2 heterocycles. The van der Waals surface area contributed by atoms with Gasteiger partial charge in [-0.15, -0.1) is 0 Å². The summed E-state index contributed by atoms with van der Waals surface area (Å²) in [5.41, 5.74) is 1.87. The summed E-state index contributed by atoms with van der Waals surface area (Å²) in [7, 11) is 0. The molecule has 0 saturated heterocycles. The lowest BCUT2D eigenvalue weighted by atomic mass is 10.2. The van der Waals surface area contributed by atoms with Gasteiger partial charge in [0.05, 0.1) is 27.8 Å². The third kappa shape index (κ3) is 1.66. The Labute approximate surface area is 101 Å². The second-order valence-corrected chi connectivity index (χ2v) is 3.99. The molecule has 17 heavy (non-hydrogen) atoms. The van der Waals surface area contributed by atoms with Gasteiger partial charge in [0.1, 0.15) is 5.82 Å². The largest absolute Gasteiger partial charge is 0.337 e. The molecule has 1 N–H and O–H groups in total. The van der Waals surface area contributed by atoms with Gasteiger partial charge in [-0.2, -0.15) is 0 Å². The van der Waals surface area contributed by atoms with E-state index in [4.69, 9.17) is 11.6 Å². The normalized spacial score (nSPS) is 10.9. The molecule has 0 fully saturated rings. The number of benzene rings is 1. The van der Waals surface area contributed by atoms with E-state index >= 15 is 0 Å². The van der Waals surface area contributed by atoms with E-state index in [9.17, 15) is 4.39 Å². The SMILES string of the molecule is Fc1c(Cl)cccc1-c1nc2ccncc2[nH]1. The molecule has 0 aliphatic heterocycles. The Morgan fingerprint density at radius 2 is 2.12 bits per heavy atom. The standard InChI is InChI=1S/C12H7ClFN3/c13-8-3-1-2-7(11(8)14)12-16-9-4-5-15-6-10(9)17-12/h1-6H,(H,16,17). The van der Waals surface area contributed by atoms with Crippen molar-refractivity contribution >= 4 is 22.6 Å². The minimum absolute atomic E-state index is 0.0843. The molecule has 1 aromatic carbocycles. The third-order valence-corrected chi connectivity index (χ3v) is 2.78. The number of halogens is 2. The molecule has 84 valence electrons. The first-order valence-electron chi connectivity index (χ1n) is 5.00. The van der Waals surface area contributed by atoms with Crippen molar-refractivity contribution in [2.45, 2.75) is 0 Å². The zero-order valence-electron chi connectivity index (χ0n) is 8.61. The summed E-state index contributed by atoms with van der Waals surface area (Å²) in [4.78, 5) is 11.3. The minimum Gasteiger partial charge on any atom is -0.337 e. The van der Waals surface area contributed by atoms with Crippen molar-refractivity contribution in [1.82, 2.24) is 15.0 Å². The van der Waals surface area contributed by atoms with E-state index in [-0.39, 0.29) is 5.02 Å². The molecule has 0 bridgehead atoms. The van der Waals surface area contributed by atoms with Crippen molar-refractivity contribution in [2.24, 2.45) is 0 Å². The van der Waals surface area contributed by atoms with Gasteiger partial charge in [0.25, 0.3) is 0 Å². The van der Waals surface area contributed by atoms with Crippen LogP contribution in [0.3, 0.4) is 0 Å². The molecule has 3 nitrogen and oxygen atoms in total. The van der Waals surface area contributed by atoms with E-state index in [1.54, 1.807) is 30.6 Å². The lowest BCUT2D eigenvalue weighted by Crippen LogP contribution is -1.86. The average molecular weight is 248 g/mol. The monoisotopic (exact) mass is 247 g/mol. The van der Waals surface area contributed by atoms with Crippen molar-refractivity contribution in [3.8, 4) is 11.4 Å². The highest BCUT2D eigenvalue weighted by molar-refractivity contribution is 6.31. The first kappa shape index (κ1) is 10.2. The van der Waals surface area contributed by atoms with E-state index in [0.29, 0.717) is 11.4 Å². The zero-order chi connectivity index (χ0) is 11.8. The molecular weight excluding hydrogens is 241 g/mol. The van der Waals surface area contributed by atoms with Crippen LogP contribution in [0.2, 0.25) is 5.02 Å². The number of rotatable bonds is 1. The van der Waals surface area contributed by atoms with Gasteiger partial charge >= 0.3 is 0 Å². The molecule has 5 heteroatoms. The maximum Gasteiger partial charge on any atom is 0.152 e. The Kier molecular flexibility index (Phi) is 2.30. The summed E-state index contributed by atoms with van der Waals surface area (Å²) in [5.74, 6) is -0.0193. The molecule has 0 spiro atoms. The number of aromatic amines is 1. The lowest BCUT2D eigenvalue weighted by Gasteiger charge is -2.00. The minimum atomic E-state index is -0.471. The van der Waals surface area contributed by atoms with Gasteiger partial charge in [0.15, 0.2) is 5.82 Å². The van der Waals surface area contributed by atoms with E-state index < -0.39 is 5.82 Å². The first-order valence-corrected chi connectivity index (χ1v) is 5.37. The van der Waals surface area contributed by atoms with Gasteiger partial charge in [0, 0.05) is 6.20 Å². The number of aromatic nitrogens is 3. The summed E-state index contributed by atoms with van der Waals surface area (Å²) in [6.07, 6.45) is 3.29. The maximum atomic E-state index is 13.8. The molecule has 0 saturated carbocycles. The van der Waals surface area contributed by atoms with Gasteiger partial charge in [-0.1, -0.05) is 17.7 Å². The van der Waals surface area contributed by atoms with Gasteiger partial charge in [-0.25, -0.2) is 9.37 Å². The number of fused-ring (bicyclic) bond motifs is 1.